The van der Waals surface area contributed by atoms with Crippen molar-refractivity contribution >= 4 is 5.69 Å². The van der Waals surface area contributed by atoms with Gasteiger partial charge in [-0.3, -0.25) is 5.01 Å². The van der Waals surface area contributed by atoms with E-state index in [9.17, 15) is 0 Å². The molecule has 0 N–H and O–H groups in total. The molecule has 3 saturated carbocycles. The molecule has 3 fully saturated rings. The predicted octanol–water partition coefficient (Wildman–Crippen LogP) is 4.99. The third kappa shape index (κ3) is 2.04. The zero-order valence-electron chi connectivity index (χ0n) is 14.2. The number of benzene rings is 1. The minimum absolute atomic E-state index is 0.500. The van der Waals surface area contributed by atoms with Gasteiger partial charge in [0.1, 0.15) is 0 Å². The fourth-order valence-corrected chi connectivity index (χ4v) is 5.14. The molecule has 0 atom stereocenters. The van der Waals surface area contributed by atoms with Crippen LogP contribution in [0.3, 0.4) is 0 Å². The Labute approximate surface area is 134 Å². The lowest BCUT2D eigenvalue weighted by Gasteiger charge is -2.53. The Bertz CT molecular complexity index is 577. The monoisotopic (exact) mass is 296 g/mol. The number of rotatable bonds is 2. The van der Waals surface area contributed by atoms with Crippen molar-refractivity contribution in [2.45, 2.75) is 52.4 Å². The SMILES string of the molecule is CC1=C(C23CCC(C)(CC2)CC3)CN(C)N1c1ccccc1. The second-order valence-electron chi connectivity index (χ2n) is 8.12. The van der Waals surface area contributed by atoms with E-state index in [2.05, 4.69) is 61.2 Å². The average Bonchev–Trinajstić information content (AvgIpc) is 2.85. The van der Waals surface area contributed by atoms with Crippen molar-refractivity contribution in [3.05, 3.63) is 41.6 Å². The molecule has 0 aromatic heterocycles. The van der Waals surface area contributed by atoms with Crippen LogP contribution >= 0.6 is 0 Å². The minimum atomic E-state index is 0.500. The van der Waals surface area contributed by atoms with Crippen LogP contribution in [0.4, 0.5) is 5.69 Å². The molecule has 4 aliphatic rings. The highest BCUT2D eigenvalue weighted by Crippen LogP contribution is 2.61. The number of nitrogens with zero attached hydrogens (tertiary/aromatic N) is 2. The van der Waals surface area contributed by atoms with E-state index in [1.54, 1.807) is 5.57 Å². The van der Waals surface area contributed by atoms with Gasteiger partial charge in [-0.15, -0.1) is 0 Å². The van der Waals surface area contributed by atoms with E-state index < -0.39 is 0 Å². The molecule has 0 saturated heterocycles. The highest BCUT2D eigenvalue weighted by molar-refractivity contribution is 5.54. The summed E-state index contributed by atoms with van der Waals surface area (Å²) in [6.45, 7) is 5.95. The number of likely N-dealkylation sites (N-methyl/N-ethyl adjacent to an activating group) is 1. The Morgan fingerprint density at radius 2 is 1.50 bits per heavy atom. The highest BCUT2D eigenvalue weighted by Gasteiger charge is 2.50. The van der Waals surface area contributed by atoms with E-state index in [0.29, 0.717) is 10.8 Å². The van der Waals surface area contributed by atoms with Crippen LogP contribution in [-0.4, -0.2) is 18.6 Å². The molecule has 1 aliphatic heterocycles. The predicted molar refractivity (Wildman–Crippen MR) is 92.5 cm³/mol. The van der Waals surface area contributed by atoms with Gasteiger partial charge in [-0.2, -0.15) is 0 Å². The lowest BCUT2D eigenvalue weighted by molar-refractivity contribution is 0.0261. The van der Waals surface area contributed by atoms with E-state index in [1.165, 1.54) is 49.9 Å². The number of hydrogen-bond donors (Lipinski definition) is 0. The number of anilines is 1. The maximum Gasteiger partial charge on any atom is 0.0576 e. The van der Waals surface area contributed by atoms with Crippen LogP contribution in [0.5, 0.6) is 0 Å². The third-order valence-corrected chi connectivity index (χ3v) is 6.75. The standard InChI is InChI=1S/C20H28N2/c1-16-18(20-12-9-19(2,10-13-20)11-14-20)15-21(3)22(16)17-7-5-4-6-8-17/h4-8H,9-15H2,1-3H3. The molecule has 5 rings (SSSR count). The van der Waals surface area contributed by atoms with E-state index in [0.717, 1.165) is 6.54 Å². The molecule has 2 heteroatoms. The van der Waals surface area contributed by atoms with Crippen molar-refractivity contribution < 1.29 is 0 Å². The summed E-state index contributed by atoms with van der Waals surface area (Å²) in [5, 5.41) is 4.82. The largest absolute Gasteiger partial charge is 0.279 e. The van der Waals surface area contributed by atoms with Crippen LogP contribution in [0.25, 0.3) is 0 Å². The number of allylic oxidation sites excluding steroid dienone is 1. The van der Waals surface area contributed by atoms with Gasteiger partial charge in [0.15, 0.2) is 0 Å². The van der Waals surface area contributed by atoms with E-state index in [-0.39, 0.29) is 0 Å². The van der Waals surface area contributed by atoms with Gasteiger partial charge in [-0.25, -0.2) is 5.01 Å². The van der Waals surface area contributed by atoms with Crippen molar-refractivity contribution in [1.82, 2.24) is 5.01 Å². The molecule has 1 aromatic rings. The maximum atomic E-state index is 2.51. The van der Waals surface area contributed by atoms with Crippen LogP contribution in [0.15, 0.2) is 41.6 Å². The molecular weight excluding hydrogens is 268 g/mol. The third-order valence-electron chi connectivity index (χ3n) is 6.75. The fraction of sp³-hybridized carbons (Fsp3) is 0.600. The molecule has 1 heterocycles. The lowest BCUT2D eigenvalue weighted by Crippen LogP contribution is -2.42. The van der Waals surface area contributed by atoms with Gasteiger partial charge in [0.25, 0.3) is 0 Å². The summed E-state index contributed by atoms with van der Waals surface area (Å²) >= 11 is 0. The molecule has 0 amide bonds. The Balaban J connectivity index is 1.69. The summed E-state index contributed by atoms with van der Waals surface area (Å²) in [7, 11) is 2.23. The molecule has 2 nitrogen and oxygen atoms in total. The van der Waals surface area contributed by atoms with Crippen molar-refractivity contribution in [1.29, 1.82) is 0 Å². The zero-order valence-corrected chi connectivity index (χ0v) is 14.2. The molecule has 2 bridgehead atoms. The molecule has 3 aliphatic carbocycles. The van der Waals surface area contributed by atoms with E-state index in [1.807, 2.05) is 0 Å². The first-order valence-corrected chi connectivity index (χ1v) is 8.80. The summed E-state index contributed by atoms with van der Waals surface area (Å²) in [5.74, 6) is 0. The Morgan fingerprint density at radius 1 is 0.909 bits per heavy atom. The van der Waals surface area contributed by atoms with E-state index in [4.69, 9.17) is 0 Å². The summed E-state index contributed by atoms with van der Waals surface area (Å²) in [6, 6.07) is 10.8. The number of fused-ring (bicyclic) bond motifs is 3. The van der Waals surface area contributed by atoms with Gasteiger partial charge in [0.05, 0.1) is 5.69 Å². The number of hydrogen-bond acceptors (Lipinski definition) is 2. The topological polar surface area (TPSA) is 6.48 Å². The second-order valence-corrected chi connectivity index (χ2v) is 8.12. The smallest absolute Gasteiger partial charge is 0.0576 e. The van der Waals surface area contributed by atoms with E-state index >= 15 is 0 Å². The lowest BCUT2D eigenvalue weighted by atomic mass is 9.52. The van der Waals surface area contributed by atoms with Gasteiger partial charge in [0.2, 0.25) is 0 Å². The van der Waals surface area contributed by atoms with Crippen LogP contribution in [0.2, 0.25) is 0 Å². The second kappa shape index (κ2) is 4.86. The van der Waals surface area contributed by atoms with Crippen LogP contribution < -0.4 is 5.01 Å². The average molecular weight is 296 g/mol. The number of para-hydroxylation sites is 1. The van der Waals surface area contributed by atoms with Gasteiger partial charge >= 0.3 is 0 Å². The molecule has 0 unspecified atom stereocenters. The quantitative estimate of drug-likeness (QED) is 0.758. The first kappa shape index (κ1) is 14.3. The first-order chi connectivity index (χ1) is 10.5. The Morgan fingerprint density at radius 3 is 2.09 bits per heavy atom. The van der Waals surface area contributed by atoms with Gasteiger partial charge in [0, 0.05) is 19.3 Å². The van der Waals surface area contributed by atoms with Crippen LogP contribution in [-0.2, 0) is 0 Å². The van der Waals surface area contributed by atoms with Crippen LogP contribution in [0, 0.1) is 10.8 Å². The first-order valence-electron chi connectivity index (χ1n) is 8.80. The maximum absolute atomic E-state index is 2.51. The molecule has 118 valence electrons. The van der Waals surface area contributed by atoms with Gasteiger partial charge < -0.3 is 0 Å². The highest BCUT2D eigenvalue weighted by atomic mass is 15.6. The minimum Gasteiger partial charge on any atom is -0.279 e. The van der Waals surface area contributed by atoms with Gasteiger partial charge in [-0.05, 0) is 74.0 Å². The molecule has 22 heavy (non-hydrogen) atoms. The molecular formula is C20H28N2. The summed E-state index contributed by atoms with van der Waals surface area (Å²) in [5.41, 5.74) is 5.66. The zero-order chi connectivity index (χ0) is 15.4. The number of hydrazine groups is 1. The fourth-order valence-electron chi connectivity index (χ4n) is 5.14. The summed E-state index contributed by atoms with van der Waals surface area (Å²) in [6.07, 6.45) is 8.52. The molecule has 0 radical (unpaired) electrons. The van der Waals surface area contributed by atoms with Gasteiger partial charge in [-0.1, -0.05) is 25.1 Å². The van der Waals surface area contributed by atoms with Crippen molar-refractivity contribution in [3.63, 3.8) is 0 Å². The summed E-state index contributed by atoms with van der Waals surface area (Å²) < 4.78 is 0. The van der Waals surface area contributed by atoms with Crippen molar-refractivity contribution in [3.8, 4) is 0 Å². The normalized spacial score (nSPS) is 35.5. The summed E-state index contributed by atoms with van der Waals surface area (Å²) in [4.78, 5) is 0. The Kier molecular flexibility index (Phi) is 3.16. The molecule has 1 aromatic carbocycles. The molecule has 0 spiro atoms. The Hall–Kier alpha value is -1.28. The van der Waals surface area contributed by atoms with Crippen molar-refractivity contribution in [2.75, 3.05) is 18.6 Å². The van der Waals surface area contributed by atoms with Crippen LogP contribution in [0.1, 0.15) is 52.4 Å². The van der Waals surface area contributed by atoms with Crippen molar-refractivity contribution in [2.24, 2.45) is 10.8 Å².